The number of benzene rings is 2. The van der Waals surface area contributed by atoms with Crippen molar-refractivity contribution >= 4 is 44.3 Å². The summed E-state index contributed by atoms with van der Waals surface area (Å²) in [5.74, 6) is -0.598. The molecule has 0 atom stereocenters. The molecule has 0 saturated carbocycles. The van der Waals surface area contributed by atoms with Crippen molar-refractivity contribution < 1.29 is 14.4 Å². The van der Waals surface area contributed by atoms with Crippen molar-refractivity contribution in [1.82, 2.24) is 10.1 Å². The summed E-state index contributed by atoms with van der Waals surface area (Å²) in [5, 5.41) is 18.8. The summed E-state index contributed by atoms with van der Waals surface area (Å²) in [4.78, 5) is 16.1. The van der Waals surface area contributed by atoms with Crippen molar-refractivity contribution in [3.8, 4) is 22.5 Å². The first-order valence-corrected chi connectivity index (χ1v) is 10.6. The molecule has 0 aliphatic heterocycles. The summed E-state index contributed by atoms with van der Waals surface area (Å²) in [6, 6.07) is 17.0. The molecule has 0 fully saturated rings. The molecular weight excluding hydrogens is 454 g/mol. The first-order chi connectivity index (χ1) is 14.1. The highest BCUT2D eigenvalue weighted by Crippen LogP contribution is 2.37. The number of rotatable bonds is 5. The number of thiophene rings is 1. The smallest absolute Gasteiger partial charge is 0.339 e. The average Bonchev–Trinajstić information content (AvgIpc) is 3.38. The predicted octanol–water partition coefficient (Wildman–Crippen LogP) is 6.70. The number of hydrogen-bond donors (Lipinski definition) is 2. The zero-order valence-corrected chi connectivity index (χ0v) is 18.1. The van der Waals surface area contributed by atoms with Crippen LogP contribution >= 0.6 is 27.3 Å². The molecule has 2 heterocycles. The van der Waals surface area contributed by atoms with E-state index in [-0.39, 0.29) is 11.6 Å². The summed E-state index contributed by atoms with van der Waals surface area (Å²) in [7, 11) is 0. The Kier molecular flexibility index (Phi) is 6.79. The zero-order valence-electron chi connectivity index (χ0n) is 15.7. The third-order valence-electron chi connectivity index (χ3n) is 3.84. The minimum Gasteiger partial charge on any atom is -0.478 e. The molecule has 2 N–H and O–H groups in total. The van der Waals surface area contributed by atoms with E-state index in [0.717, 1.165) is 15.6 Å². The van der Waals surface area contributed by atoms with Gasteiger partial charge in [-0.2, -0.15) is 4.98 Å². The number of carboxylic acid groups (broad SMARTS) is 1. The van der Waals surface area contributed by atoms with Gasteiger partial charge in [-0.15, -0.1) is 11.3 Å². The van der Waals surface area contributed by atoms with Crippen LogP contribution in [0.2, 0.25) is 0 Å². The van der Waals surface area contributed by atoms with Crippen molar-refractivity contribution in [1.29, 1.82) is 0 Å². The highest BCUT2D eigenvalue weighted by Gasteiger charge is 2.21. The molecule has 0 radical (unpaired) electrons. The number of hydrogen-bond acceptors (Lipinski definition) is 6. The maximum absolute atomic E-state index is 11.9. The molecule has 0 amide bonds. The molecule has 0 bridgehead atoms. The first kappa shape index (κ1) is 20.8. The van der Waals surface area contributed by atoms with Crippen molar-refractivity contribution in [2.75, 3.05) is 5.32 Å². The van der Waals surface area contributed by atoms with Gasteiger partial charge in [0.1, 0.15) is 10.6 Å². The Morgan fingerprint density at radius 1 is 1.07 bits per heavy atom. The molecule has 4 rings (SSSR count). The van der Waals surface area contributed by atoms with Gasteiger partial charge in [0.15, 0.2) is 0 Å². The molecular formula is C21H18BrN3O3S. The molecule has 4 aromatic rings. The third-order valence-corrected chi connectivity index (χ3v) is 5.26. The lowest BCUT2D eigenvalue weighted by atomic mass is 10.0. The number of halogens is 1. The Bertz CT molecular complexity index is 1090. The molecule has 0 spiro atoms. The molecule has 2 aromatic heterocycles. The Balaban J connectivity index is 0.00000117. The fraction of sp³-hybridized carbons (Fsp3) is 0.0952. The van der Waals surface area contributed by atoms with Gasteiger partial charge in [-0.25, -0.2) is 4.79 Å². The van der Waals surface area contributed by atoms with Crippen LogP contribution in [0.3, 0.4) is 0 Å². The minimum atomic E-state index is -1.03. The fourth-order valence-electron chi connectivity index (χ4n) is 2.58. The van der Waals surface area contributed by atoms with E-state index >= 15 is 0 Å². The van der Waals surface area contributed by atoms with Gasteiger partial charge in [0.2, 0.25) is 5.82 Å². The number of aromatic nitrogens is 2. The summed E-state index contributed by atoms with van der Waals surface area (Å²) in [6.07, 6.45) is 0. The maximum atomic E-state index is 11.9. The number of aromatic carboxylic acids is 1. The maximum Gasteiger partial charge on any atom is 0.339 e. The highest BCUT2D eigenvalue weighted by atomic mass is 79.9. The minimum absolute atomic E-state index is 0.139. The van der Waals surface area contributed by atoms with Gasteiger partial charge >= 0.3 is 12.0 Å². The van der Waals surface area contributed by atoms with Gasteiger partial charge in [-0.05, 0) is 17.7 Å². The van der Waals surface area contributed by atoms with Crippen LogP contribution < -0.4 is 5.32 Å². The van der Waals surface area contributed by atoms with Crippen LogP contribution in [0, 0.1) is 0 Å². The summed E-state index contributed by atoms with van der Waals surface area (Å²) in [6.45, 7) is 4.00. The number of anilines is 2. The third kappa shape index (κ3) is 4.72. The molecule has 8 heteroatoms. The molecule has 0 saturated heterocycles. The Morgan fingerprint density at radius 3 is 2.41 bits per heavy atom. The molecule has 2 aromatic carbocycles. The SMILES string of the molecule is CC.O=C(O)c1c(-c2ccc(Br)cc2)csc1Nc1nc(-c2ccccc2)no1. The Labute approximate surface area is 180 Å². The van der Waals surface area contributed by atoms with Crippen LogP contribution in [-0.2, 0) is 0 Å². The second-order valence-electron chi connectivity index (χ2n) is 5.58. The van der Waals surface area contributed by atoms with Crippen molar-refractivity contribution in [2.24, 2.45) is 0 Å². The standard InChI is InChI=1S/C19H12BrN3O3S.C2H6/c20-13-8-6-11(7-9-13)14-10-27-17(15(14)18(24)25)22-19-21-16(23-26-19)12-4-2-1-3-5-12;1-2/h1-10H,(H,24,25)(H,21,22,23);1-2H3. The van der Waals surface area contributed by atoms with Crippen molar-refractivity contribution in [3.63, 3.8) is 0 Å². The Morgan fingerprint density at radius 2 is 1.76 bits per heavy atom. The highest BCUT2D eigenvalue weighted by molar-refractivity contribution is 9.10. The molecule has 0 unspecified atom stereocenters. The van der Waals surface area contributed by atoms with Gasteiger partial charge in [0, 0.05) is 21.0 Å². The lowest BCUT2D eigenvalue weighted by Gasteiger charge is -2.04. The summed E-state index contributed by atoms with van der Waals surface area (Å²) < 4.78 is 6.15. The number of carbonyl (C=O) groups is 1. The van der Waals surface area contributed by atoms with E-state index in [1.807, 2.05) is 68.4 Å². The van der Waals surface area contributed by atoms with Crippen LogP contribution in [0.1, 0.15) is 24.2 Å². The van der Waals surface area contributed by atoms with E-state index in [9.17, 15) is 9.90 Å². The van der Waals surface area contributed by atoms with Gasteiger partial charge in [0.25, 0.3) is 0 Å². The first-order valence-electron chi connectivity index (χ1n) is 8.88. The second kappa shape index (κ2) is 9.49. The van der Waals surface area contributed by atoms with Gasteiger partial charge < -0.3 is 9.63 Å². The summed E-state index contributed by atoms with van der Waals surface area (Å²) in [5.41, 5.74) is 2.43. The van der Waals surface area contributed by atoms with Gasteiger partial charge in [-0.1, -0.05) is 77.4 Å². The van der Waals surface area contributed by atoms with Gasteiger partial charge in [0.05, 0.1) is 0 Å². The topological polar surface area (TPSA) is 88.2 Å². The van der Waals surface area contributed by atoms with Crippen molar-refractivity contribution in [2.45, 2.75) is 13.8 Å². The molecule has 148 valence electrons. The molecule has 29 heavy (non-hydrogen) atoms. The predicted molar refractivity (Wildman–Crippen MR) is 119 cm³/mol. The van der Waals surface area contributed by atoms with Crippen molar-refractivity contribution in [3.05, 3.63) is 70.0 Å². The van der Waals surface area contributed by atoms with E-state index in [4.69, 9.17) is 4.52 Å². The molecule has 6 nitrogen and oxygen atoms in total. The zero-order chi connectivity index (χ0) is 20.8. The van der Waals surface area contributed by atoms with E-state index in [1.165, 1.54) is 11.3 Å². The number of nitrogens with one attached hydrogen (secondary N) is 1. The number of nitrogens with zero attached hydrogens (tertiary/aromatic N) is 2. The van der Waals surface area contributed by atoms with E-state index in [2.05, 4.69) is 31.4 Å². The monoisotopic (exact) mass is 471 g/mol. The fourth-order valence-corrected chi connectivity index (χ4v) is 3.80. The summed E-state index contributed by atoms with van der Waals surface area (Å²) >= 11 is 4.65. The van der Waals surface area contributed by atoms with Crippen LogP contribution in [-0.4, -0.2) is 21.2 Å². The number of carboxylic acids is 1. The lowest BCUT2D eigenvalue weighted by molar-refractivity contribution is 0.0699. The second-order valence-corrected chi connectivity index (χ2v) is 7.38. The van der Waals surface area contributed by atoms with Crippen LogP contribution in [0.15, 0.2) is 69.0 Å². The van der Waals surface area contributed by atoms with Crippen LogP contribution in [0.25, 0.3) is 22.5 Å². The normalized spacial score (nSPS) is 10.2. The van der Waals surface area contributed by atoms with E-state index in [1.54, 1.807) is 5.38 Å². The largest absolute Gasteiger partial charge is 0.478 e. The van der Waals surface area contributed by atoms with E-state index in [0.29, 0.717) is 16.4 Å². The Hall–Kier alpha value is -2.97. The molecule has 0 aliphatic rings. The average molecular weight is 472 g/mol. The quantitative estimate of drug-likeness (QED) is 0.336. The van der Waals surface area contributed by atoms with Crippen LogP contribution in [0.4, 0.5) is 11.0 Å². The van der Waals surface area contributed by atoms with E-state index < -0.39 is 5.97 Å². The van der Waals surface area contributed by atoms with Crippen LogP contribution in [0.5, 0.6) is 0 Å². The van der Waals surface area contributed by atoms with Gasteiger partial charge in [-0.3, -0.25) is 5.32 Å². The lowest BCUT2D eigenvalue weighted by Crippen LogP contribution is -2.01. The molecule has 0 aliphatic carbocycles.